The number of hydrogen-bond donors (Lipinski definition) is 1. The minimum atomic E-state index is -5.19. The minimum Gasteiger partial charge on any atom is -0.542 e. The molecule has 45 heavy (non-hydrogen) atoms. The molecule has 0 aliphatic carbocycles. The van der Waals surface area contributed by atoms with E-state index in [2.05, 4.69) is 20.9 Å². The zero-order valence-electron chi connectivity index (χ0n) is 29.7. The number of alkyl halides is 3. The van der Waals surface area contributed by atoms with Crippen LogP contribution >= 0.6 is 0 Å². The molecule has 0 aliphatic heterocycles. The van der Waals surface area contributed by atoms with E-state index in [-0.39, 0.29) is 6.54 Å². The van der Waals surface area contributed by atoms with Crippen molar-refractivity contribution in [2.24, 2.45) is 0 Å². The molecular formula is C37H72F3NO4. The summed E-state index contributed by atoms with van der Waals surface area (Å²) < 4.78 is 32.3. The average molecular weight is 652 g/mol. The highest BCUT2D eigenvalue weighted by atomic mass is 19.4. The Balaban J connectivity index is 0. The van der Waals surface area contributed by atoms with Crippen molar-refractivity contribution in [3.05, 3.63) is 0 Å². The number of nitrogens with zero attached hydrogens (tertiary/aromatic N) is 1. The smallest absolute Gasteiger partial charge is 0.430 e. The van der Waals surface area contributed by atoms with Crippen molar-refractivity contribution in [3.63, 3.8) is 0 Å². The SMILES string of the molecule is CCCCCCCCCCCCCCCC[N+](C)(CCCCCCCCCCCCCCCC)CC(=O)O.O=C([O-])C(F)(F)F. The van der Waals surface area contributed by atoms with Crippen molar-refractivity contribution in [3.8, 4) is 0 Å². The van der Waals surface area contributed by atoms with E-state index in [4.69, 9.17) is 9.90 Å². The summed E-state index contributed by atoms with van der Waals surface area (Å²) in [5.41, 5.74) is 0. The highest BCUT2D eigenvalue weighted by Crippen LogP contribution is 2.17. The molecule has 8 heteroatoms. The van der Waals surface area contributed by atoms with E-state index in [0.29, 0.717) is 0 Å². The molecule has 5 nitrogen and oxygen atoms in total. The summed E-state index contributed by atoms with van der Waals surface area (Å²) in [4.78, 5) is 20.3. The van der Waals surface area contributed by atoms with Gasteiger partial charge in [-0.3, -0.25) is 0 Å². The third-order valence-electron chi connectivity index (χ3n) is 8.85. The fourth-order valence-electron chi connectivity index (χ4n) is 5.97. The fraction of sp³-hybridized carbons (Fsp3) is 0.946. The molecule has 0 aliphatic rings. The summed E-state index contributed by atoms with van der Waals surface area (Å²) in [6.45, 7) is 6.92. The summed E-state index contributed by atoms with van der Waals surface area (Å²) >= 11 is 0. The first-order valence-corrected chi connectivity index (χ1v) is 18.8. The molecule has 0 radical (unpaired) electrons. The number of quaternary nitrogens is 1. The Morgan fingerprint density at radius 1 is 0.511 bits per heavy atom. The predicted octanol–water partition coefficient (Wildman–Crippen LogP) is 10.8. The predicted molar refractivity (Wildman–Crippen MR) is 180 cm³/mol. The van der Waals surface area contributed by atoms with Gasteiger partial charge < -0.3 is 19.5 Å². The normalized spacial score (nSPS) is 11.8. The molecule has 270 valence electrons. The van der Waals surface area contributed by atoms with E-state index in [1.54, 1.807) is 0 Å². The van der Waals surface area contributed by atoms with Crippen molar-refractivity contribution in [2.45, 2.75) is 200 Å². The average Bonchev–Trinajstić information content (AvgIpc) is 2.97. The van der Waals surface area contributed by atoms with E-state index in [9.17, 15) is 23.1 Å². The maximum atomic E-state index is 11.5. The molecule has 0 saturated heterocycles. The Labute approximate surface area is 275 Å². The molecule has 0 aromatic carbocycles. The first kappa shape index (κ1) is 45.8. The number of carboxylic acids is 2. The third-order valence-corrected chi connectivity index (χ3v) is 8.85. The van der Waals surface area contributed by atoms with Crippen LogP contribution in [-0.4, -0.2) is 54.4 Å². The van der Waals surface area contributed by atoms with Crippen molar-refractivity contribution in [1.82, 2.24) is 0 Å². The molecule has 0 atom stereocenters. The summed E-state index contributed by atoms with van der Waals surface area (Å²) in [7, 11) is 2.18. The van der Waals surface area contributed by atoms with Crippen molar-refractivity contribution < 1.29 is 37.5 Å². The van der Waals surface area contributed by atoms with E-state index in [1.165, 1.54) is 180 Å². The monoisotopic (exact) mass is 652 g/mol. The topological polar surface area (TPSA) is 77.4 Å². The fourth-order valence-corrected chi connectivity index (χ4v) is 5.97. The standard InChI is InChI=1S/C35H71NO2.C2HF3O2/c1-4-6-8-10-12-14-16-18-20-22-24-26-28-30-32-36(3,34-35(37)38)33-31-29-27-25-23-21-19-17-15-13-11-9-7-5-2;3-2(4,5)1(6)7/h4-34H2,1-3H3;(H,6,7). The molecule has 1 N–H and O–H groups in total. The second-order valence-corrected chi connectivity index (χ2v) is 13.6. The van der Waals surface area contributed by atoms with Gasteiger partial charge in [0.05, 0.1) is 20.1 Å². The van der Waals surface area contributed by atoms with Crippen LogP contribution in [0, 0.1) is 0 Å². The molecule has 0 saturated carbocycles. The zero-order chi connectivity index (χ0) is 34.1. The second kappa shape index (κ2) is 32.6. The lowest BCUT2D eigenvalue weighted by molar-refractivity contribution is -0.903. The van der Waals surface area contributed by atoms with Crippen molar-refractivity contribution >= 4 is 11.9 Å². The van der Waals surface area contributed by atoms with Crippen LogP contribution in [0.4, 0.5) is 13.2 Å². The van der Waals surface area contributed by atoms with Crippen LogP contribution in [0.25, 0.3) is 0 Å². The van der Waals surface area contributed by atoms with Crippen LogP contribution in [0.1, 0.15) is 194 Å². The van der Waals surface area contributed by atoms with Gasteiger partial charge in [-0.05, 0) is 25.7 Å². The summed E-state index contributed by atoms with van der Waals surface area (Å²) in [5.74, 6) is -3.64. The van der Waals surface area contributed by atoms with Gasteiger partial charge in [0, 0.05) is 0 Å². The van der Waals surface area contributed by atoms with Gasteiger partial charge in [-0.25, -0.2) is 4.79 Å². The van der Waals surface area contributed by atoms with Gasteiger partial charge in [0.15, 0.2) is 6.54 Å². The van der Waals surface area contributed by atoms with Gasteiger partial charge in [-0.2, -0.15) is 13.2 Å². The molecule has 0 aromatic heterocycles. The Kier molecular flexibility index (Phi) is 33.2. The molecule has 0 spiro atoms. The maximum Gasteiger partial charge on any atom is 0.430 e. The maximum absolute atomic E-state index is 11.5. The van der Waals surface area contributed by atoms with Crippen molar-refractivity contribution in [1.29, 1.82) is 0 Å². The first-order valence-electron chi connectivity index (χ1n) is 18.8. The summed E-state index contributed by atoms with van der Waals surface area (Å²) in [6.07, 6.45) is 33.3. The Bertz CT molecular complexity index is 626. The van der Waals surface area contributed by atoms with Crippen LogP contribution in [-0.2, 0) is 9.59 Å². The lowest BCUT2D eigenvalue weighted by atomic mass is 10.0. The van der Waals surface area contributed by atoms with Gasteiger partial charge in [0.25, 0.3) is 0 Å². The quantitative estimate of drug-likeness (QED) is 0.0580. The van der Waals surface area contributed by atoms with Crippen LogP contribution in [0.2, 0.25) is 0 Å². The second-order valence-electron chi connectivity index (χ2n) is 13.6. The van der Waals surface area contributed by atoms with Crippen LogP contribution in [0.3, 0.4) is 0 Å². The number of aliphatic carboxylic acids is 2. The molecular weight excluding hydrogens is 579 g/mol. The molecule has 0 amide bonds. The van der Waals surface area contributed by atoms with Gasteiger partial charge in [0.1, 0.15) is 5.97 Å². The molecule has 0 bridgehead atoms. The van der Waals surface area contributed by atoms with E-state index >= 15 is 0 Å². The number of unbranched alkanes of at least 4 members (excludes halogenated alkanes) is 26. The number of carboxylic acid groups (broad SMARTS) is 2. The van der Waals surface area contributed by atoms with Gasteiger partial charge in [-0.1, -0.05) is 168 Å². The largest absolute Gasteiger partial charge is 0.542 e. The molecule has 0 fully saturated rings. The Hall–Kier alpha value is -1.31. The van der Waals surface area contributed by atoms with Crippen LogP contribution in [0.15, 0.2) is 0 Å². The lowest BCUT2D eigenvalue weighted by Crippen LogP contribution is -2.49. The number of hydrogen-bond acceptors (Lipinski definition) is 3. The van der Waals surface area contributed by atoms with E-state index in [1.807, 2.05) is 0 Å². The van der Waals surface area contributed by atoms with Gasteiger partial charge in [0.2, 0.25) is 0 Å². The Morgan fingerprint density at radius 3 is 0.889 bits per heavy atom. The van der Waals surface area contributed by atoms with Crippen LogP contribution in [0.5, 0.6) is 0 Å². The first-order chi connectivity index (χ1) is 21.5. The van der Waals surface area contributed by atoms with Crippen LogP contribution < -0.4 is 5.11 Å². The molecule has 0 aromatic rings. The summed E-state index contributed by atoms with van der Waals surface area (Å²) in [6, 6.07) is 0. The number of halogens is 3. The van der Waals surface area contributed by atoms with Crippen molar-refractivity contribution in [2.75, 3.05) is 26.7 Å². The molecule has 0 heterocycles. The van der Waals surface area contributed by atoms with E-state index < -0.39 is 18.1 Å². The minimum absolute atomic E-state index is 0.289. The van der Waals surface area contributed by atoms with Gasteiger partial charge >= 0.3 is 12.1 Å². The summed E-state index contributed by atoms with van der Waals surface area (Å²) in [5, 5.41) is 18.2. The highest BCUT2D eigenvalue weighted by molar-refractivity contribution is 5.70. The zero-order valence-corrected chi connectivity index (χ0v) is 29.7. The molecule has 0 unspecified atom stereocenters. The third kappa shape index (κ3) is 37.0. The highest BCUT2D eigenvalue weighted by Gasteiger charge is 2.29. The number of carbonyl (C=O) groups excluding carboxylic acids is 1. The Morgan fingerprint density at radius 2 is 0.711 bits per heavy atom. The van der Waals surface area contributed by atoms with Gasteiger partial charge in [-0.15, -0.1) is 0 Å². The number of carbonyl (C=O) groups is 2. The number of likely N-dealkylation sites (N-methyl/N-ethyl adjacent to an activating group) is 1. The number of rotatable bonds is 32. The van der Waals surface area contributed by atoms with E-state index in [0.717, 1.165) is 17.6 Å². The molecule has 0 rings (SSSR count). The lowest BCUT2D eigenvalue weighted by Gasteiger charge is -2.33.